The summed E-state index contributed by atoms with van der Waals surface area (Å²) < 4.78 is 5.22. The van der Waals surface area contributed by atoms with Gasteiger partial charge in [0.05, 0.1) is 7.11 Å². The van der Waals surface area contributed by atoms with Crippen molar-refractivity contribution in [1.82, 2.24) is 10.6 Å². The fourth-order valence-electron chi connectivity index (χ4n) is 2.91. The Bertz CT molecular complexity index is 820. The topological polar surface area (TPSA) is 74.8 Å². The molecule has 7 heteroatoms. The van der Waals surface area contributed by atoms with E-state index < -0.39 is 0 Å². The van der Waals surface area contributed by atoms with Crippen LogP contribution in [-0.2, 0) is 11.3 Å². The Hall–Kier alpha value is -2.29. The summed E-state index contributed by atoms with van der Waals surface area (Å²) in [5.41, 5.74) is 3.23. The summed E-state index contributed by atoms with van der Waals surface area (Å²) in [5, 5.41) is 9.60. The number of ether oxygens (including phenoxy) is 1. The molecule has 31 heavy (non-hydrogen) atoms. The lowest BCUT2D eigenvalue weighted by Gasteiger charge is -2.16. The molecule has 0 aromatic heterocycles. The smallest absolute Gasteiger partial charge is 0.226 e. The minimum absolute atomic E-state index is 0. The third kappa shape index (κ3) is 9.16. The molecular weight excluding hydrogens is 503 g/mol. The van der Waals surface area contributed by atoms with Crippen LogP contribution in [0.1, 0.15) is 44.2 Å². The second-order valence-electron chi connectivity index (χ2n) is 7.66. The number of hydrogen-bond acceptors (Lipinski definition) is 3. The lowest BCUT2D eigenvalue weighted by molar-refractivity contribution is -0.118. The summed E-state index contributed by atoms with van der Waals surface area (Å²) in [4.78, 5) is 16.1. The van der Waals surface area contributed by atoms with E-state index in [-0.39, 0.29) is 35.8 Å². The summed E-state index contributed by atoms with van der Waals surface area (Å²) in [6, 6.07) is 16.1. The van der Waals surface area contributed by atoms with Gasteiger partial charge in [0.25, 0.3) is 0 Å². The molecule has 2 rings (SSSR count). The maximum Gasteiger partial charge on any atom is 0.226 e. The van der Waals surface area contributed by atoms with E-state index >= 15 is 0 Å². The molecule has 2 aromatic rings. The Labute approximate surface area is 203 Å². The van der Waals surface area contributed by atoms with Crippen LogP contribution in [0, 0.1) is 5.92 Å². The number of carbonyl (C=O) groups excluding carboxylic acids is 1. The van der Waals surface area contributed by atoms with Gasteiger partial charge in [-0.25, -0.2) is 0 Å². The Morgan fingerprint density at radius 3 is 2.19 bits per heavy atom. The molecule has 0 spiro atoms. The summed E-state index contributed by atoms with van der Waals surface area (Å²) in [6.45, 7) is 7.46. The van der Waals surface area contributed by atoms with Crippen LogP contribution in [0.3, 0.4) is 0 Å². The number of halogens is 1. The standard InChI is InChI=1S/C24H34N4O2.HI/c1-17(2)23(29)28-21-10-6-19(7-11-21)16-27-24(25-4)26-15-14-18(3)20-8-12-22(30-5)13-9-20;/h6-13,17-18H,14-16H2,1-5H3,(H,28,29)(H2,25,26,27);1H. The van der Waals surface area contributed by atoms with Crippen molar-refractivity contribution in [2.24, 2.45) is 10.9 Å². The maximum atomic E-state index is 11.8. The van der Waals surface area contributed by atoms with E-state index in [2.05, 4.69) is 40.0 Å². The number of nitrogens with zero attached hydrogens (tertiary/aromatic N) is 1. The van der Waals surface area contributed by atoms with Gasteiger partial charge in [0.15, 0.2) is 5.96 Å². The molecule has 0 saturated heterocycles. The molecule has 1 unspecified atom stereocenters. The number of aliphatic imine (C=N–C) groups is 1. The molecule has 0 heterocycles. The first-order chi connectivity index (χ1) is 14.4. The van der Waals surface area contributed by atoms with Crippen molar-refractivity contribution in [2.75, 3.05) is 26.0 Å². The van der Waals surface area contributed by atoms with Gasteiger partial charge in [-0.1, -0.05) is 45.0 Å². The van der Waals surface area contributed by atoms with Crippen molar-refractivity contribution in [3.63, 3.8) is 0 Å². The van der Waals surface area contributed by atoms with Crippen molar-refractivity contribution < 1.29 is 9.53 Å². The fraction of sp³-hybridized carbons (Fsp3) is 0.417. The van der Waals surface area contributed by atoms with Gasteiger partial charge in [-0.3, -0.25) is 9.79 Å². The molecule has 2 aromatic carbocycles. The van der Waals surface area contributed by atoms with Crippen LogP contribution in [0.4, 0.5) is 5.69 Å². The third-order valence-corrected chi connectivity index (χ3v) is 4.98. The molecule has 1 atom stereocenters. The first kappa shape index (κ1) is 26.7. The van der Waals surface area contributed by atoms with Gasteiger partial charge in [-0.2, -0.15) is 0 Å². The molecular formula is C24H35IN4O2. The Balaban J connectivity index is 0.00000480. The highest BCUT2D eigenvalue weighted by Gasteiger charge is 2.08. The van der Waals surface area contributed by atoms with E-state index in [9.17, 15) is 4.79 Å². The molecule has 0 fully saturated rings. The number of nitrogens with one attached hydrogen (secondary N) is 3. The largest absolute Gasteiger partial charge is 0.497 e. The zero-order chi connectivity index (χ0) is 21.9. The summed E-state index contributed by atoms with van der Waals surface area (Å²) in [6.07, 6.45) is 0.997. The number of rotatable bonds is 9. The number of methoxy groups -OCH3 is 1. The Morgan fingerprint density at radius 1 is 1.00 bits per heavy atom. The molecule has 0 saturated carbocycles. The monoisotopic (exact) mass is 538 g/mol. The third-order valence-electron chi connectivity index (χ3n) is 4.98. The van der Waals surface area contributed by atoms with Crippen LogP contribution in [-0.4, -0.2) is 32.6 Å². The van der Waals surface area contributed by atoms with Gasteiger partial charge in [0.2, 0.25) is 5.91 Å². The normalized spacial score (nSPS) is 12.0. The van der Waals surface area contributed by atoms with E-state index in [1.165, 1.54) is 5.56 Å². The van der Waals surface area contributed by atoms with Crippen molar-refractivity contribution in [3.05, 3.63) is 59.7 Å². The first-order valence-corrected chi connectivity index (χ1v) is 10.4. The average molecular weight is 538 g/mol. The number of guanidine groups is 1. The lowest BCUT2D eigenvalue weighted by atomic mass is 9.98. The number of amides is 1. The number of benzene rings is 2. The summed E-state index contributed by atoms with van der Waals surface area (Å²) >= 11 is 0. The highest BCUT2D eigenvalue weighted by Crippen LogP contribution is 2.21. The zero-order valence-corrected chi connectivity index (χ0v) is 21.4. The van der Waals surface area contributed by atoms with Gasteiger partial charge in [0, 0.05) is 31.7 Å². The van der Waals surface area contributed by atoms with Gasteiger partial charge in [-0.05, 0) is 47.7 Å². The highest BCUT2D eigenvalue weighted by atomic mass is 127. The molecule has 3 N–H and O–H groups in total. The average Bonchev–Trinajstić information content (AvgIpc) is 2.76. The minimum atomic E-state index is -0.0341. The van der Waals surface area contributed by atoms with Crippen molar-refractivity contribution >= 4 is 41.5 Å². The molecule has 0 bridgehead atoms. The van der Waals surface area contributed by atoms with Crippen LogP contribution < -0.4 is 20.7 Å². The molecule has 0 aliphatic rings. The second kappa shape index (κ2) is 13.9. The first-order valence-electron chi connectivity index (χ1n) is 10.4. The predicted octanol–water partition coefficient (Wildman–Crippen LogP) is 4.77. The number of hydrogen-bond donors (Lipinski definition) is 3. The van der Waals surface area contributed by atoms with E-state index in [1.54, 1.807) is 14.2 Å². The van der Waals surface area contributed by atoms with E-state index in [0.29, 0.717) is 12.5 Å². The van der Waals surface area contributed by atoms with Gasteiger partial charge in [0.1, 0.15) is 5.75 Å². The van der Waals surface area contributed by atoms with Crippen molar-refractivity contribution in [2.45, 2.75) is 39.7 Å². The fourth-order valence-corrected chi connectivity index (χ4v) is 2.91. The van der Waals surface area contributed by atoms with Crippen molar-refractivity contribution in [3.8, 4) is 5.75 Å². The SMILES string of the molecule is CN=C(NCCC(C)c1ccc(OC)cc1)NCc1ccc(NC(=O)C(C)C)cc1.I. The second-order valence-corrected chi connectivity index (χ2v) is 7.66. The van der Waals surface area contributed by atoms with Gasteiger partial charge < -0.3 is 20.7 Å². The van der Waals surface area contributed by atoms with Crippen molar-refractivity contribution in [1.29, 1.82) is 0 Å². The molecule has 0 radical (unpaired) electrons. The van der Waals surface area contributed by atoms with Gasteiger partial charge >= 0.3 is 0 Å². The molecule has 170 valence electrons. The molecule has 6 nitrogen and oxygen atoms in total. The minimum Gasteiger partial charge on any atom is -0.497 e. The number of carbonyl (C=O) groups is 1. The van der Waals surface area contributed by atoms with Crippen LogP contribution in [0.5, 0.6) is 5.75 Å². The quantitative estimate of drug-likeness (QED) is 0.245. The van der Waals surface area contributed by atoms with E-state index in [1.807, 2.05) is 50.2 Å². The summed E-state index contributed by atoms with van der Waals surface area (Å²) in [7, 11) is 3.45. The molecule has 0 aliphatic heterocycles. The van der Waals surface area contributed by atoms with Crippen LogP contribution >= 0.6 is 24.0 Å². The van der Waals surface area contributed by atoms with E-state index in [4.69, 9.17) is 4.74 Å². The van der Waals surface area contributed by atoms with Gasteiger partial charge in [-0.15, -0.1) is 24.0 Å². The maximum absolute atomic E-state index is 11.8. The summed E-state index contributed by atoms with van der Waals surface area (Å²) in [5.74, 6) is 2.08. The predicted molar refractivity (Wildman–Crippen MR) is 140 cm³/mol. The van der Waals surface area contributed by atoms with Crippen LogP contribution in [0.15, 0.2) is 53.5 Å². The van der Waals surface area contributed by atoms with Crippen LogP contribution in [0.25, 0.3) is 0 Å². The Kier molecular flexibility index (Phi) is 12.0. The highest BCUT2D eigenvalue weighted by molar-refractivity contribution is 14.0. The Morgan fingerprint density at radius 2 is 1.65 bits per heavy atom. The molecule has 0 aliphatic carbocycles. The molecule has 1 amide bonds. The number of anilines is 1. The van der Waals surface area contributed by atoms with E-state index in [0.717, 1.165) is 35.9 Å². The zero-order valence-electron chi connectivity index (χ0n) is 19.1. The lowest BCUT2D eigenvalue weighted by Crippen LogP contribution is -2.37. The van der Waals surface area contributed by atoms with Crippen LogP contribution in [0.2, 0.25) is 0 Å².